The molecule has 5 amide bonds. The molecular formula is C59H76N8O11S. The maximum absolute atomic E-state index is 14.0. The van der Waals surface area contributed by atoms with Crippen molar-refractivity contribution in [2.24, 2.45) is 5.41 Å². The van der Waals surface area contributed by atoms with Gasteiger partial charge in [0.15, 0.2) is 0 Å². The molecule has 0 spiro atoms. The molecule has 19 nitrogen and oxygen atoms in total. The number of aliphatic hydroxyl groups is 1. The van der Waals surface area contributed by atoms with Gasteiger partial charge in [-0.15, -0.1) is 11.3 Å². The van der Waals surface area contributed by atoms with Gasteiger partial charge in [-0.3, -0.25) is 24.0 Å². The summed E-state index contributed by atoms with van der Waals surface area (Å²) in [5.74, 6) is 0.666. The number of aliphatic hydroxyl groups excluding tert-OH is 1. The maximum Gasteiger partial charge on any atom is 0.252 e. The number of likely N-dealkylation sites (tertiary alicyclic amines) is 1. The Kier molecular flexibility index (Phi) is 20.3. The van der Waals surface area contributed by atoms with E-state index in [4.69, 9.17) is 28.7 Å². The van der Waals surface area contributed by atoms with Gasteiger partial charge in [-0.25, -0.2) is 9.97 Å². The molecular weight excluding hydrogens is 1030 g/mol. The number of hydrogen-bond donors (Lipinski definition) is 5. The number of ether oxygens (including phenoxy) is 5. The Morgan fingerprint density at radius 3 is 2.25 bits per heavy atom. The first-order valence-corrected chi connectivity index (χ1v) is 28.3. The molecule has 1 saturated heterocycles. The third-order valence-corrected chi connectivity index (χ3v) is 15.6. The van der Waals surface area contributed by atoms with Gasteiger partial charge in [0.25, 0.3) is 5.91 Å². The van der Waals surface area contributed by atoms with Crippen LogP contribution in [-0.4, -0.2) is 139 Å². The summed E-state index contributed by atoms with van der Waals surface area (Å²) in [4.78, 5) is 78.3. The quantitative estimate of drug-likeness (QED) is 0.0370. The Hall–Kier alpha value is -6.71. The summed E-state index contributed by atoms with van der Waals surface area (Å²) in [6.45, 7) is 12.7. The van der Waals surface area contributed by atoms with Gasteiger partial charge < -0.3 is 59.5 Å². The van der Waals surface area contributed by atoms with Crippen molar-refractivity contribution in [3.63, 3.8) is 0 Å². The molecule has 5 N–H and O–H groups in total. The van der Waals surface area contributed by atoms with Gasteiger partial charge in [-0.1, -0.05) is 57.2 Å². The largest absolute Gasteiger partial charge is 0.496 e. The van der Waals surface area contributed by atoms with Gasteiger partial charge in [-0.2, -0.15) is 0 Å². The van der Waals surface area contributed by atoms with Crippen LogP contribution >= 0.6 is 11.3 Å². The van der Waals surface area contributed by atoms with E-state index in [1.807, 2.05) is 64.4 Å². The number of imidazole rings is 1. The van der Waals surface area contributed by atoms with Gasteiger partial charge in [0.05, 0.1) is 87.3 Å². The number of hydrogen-bond acceptors (Lipinski definition) is 14. The molecule has 2 aliphatic heterocycles. The van der Waals surface area contributed by atoms with Crippen LogP contribution in [0.1, 0.15) is 109 Å². The number of thiazole rings is 1. The van der Waals surface area contributed by atoms with Gasteiger partial charge >= 0.3 is 0 Å². The van der Waals surface area contributed by atoms with E-state index in [9.17, 15) is 29.1 Å². The first-order valence-electron chi connectivity index (χ1n) is 27.4. The topological polar surface area (TPSA) is 234 Å². The van der Waals surface area contributed by atoms with Crippen molar-refractivity contribution < 1.29 is 52.8 Å². The highest BCUT2D eigenvalue weighted by Gasteiger charge is 2.44. The smallest absolute Gasteiger partial charge is 0.252 e. The Balaban J connectivity index is 0.659. The van der Waals surface area contributed by atoms with Crippen LogP contribution in [0, 0.1) is 19.3 Å². The third kappa shape index (κ3) is 15.6. The van der Waals surface area contributed by atoms with E-state index in [-0.39, 0.29) is 95.1 Å². The Bertz CT molecular complexity index is 2900. The second kappa shape index (κ2) is 27.4. The molecule has 0 saturated carbocycles. The molecule has 3 aliphatic rings. The van der Waals surface area contributed by atoms with Crippen LogP contribution in [0.3, 0.4) is 0 Å². The average Bonchev–Trinajstić information content (AvgIpc) is 4.37. The minimum atomic E-state index is -0.948. The molecule has 20 heteroatoms. The van der Waals surface area contributed by atoms with E-state index in [0.29, 0.717) is 43.2 Å². The SMILES string of the molecule is COc1cc(C(=O)N[C@@H]2CCc3ccc(-c4cn5c(n4)CCC5)cc32)cc(OCCCNC(=O)CCOCCOCCOCCC(=O)NC(C(=O)N2C[C@H](O)C[C@H]2C(=O)NCc2ccc(-c3scnc3C)cc2)C(C)(C)C)c1C. The number of carbonyl (C=O) groups is 5. The summed E-state index contributed by atoms with van der Waals surface area (Å²) >= 11 is 1.57. The van der Waals surface area contributed by atoms with Gasteiger partial charge in [0.2, 0.25) is 23.6 Å². The van der Waals surface area contributed by atoms with Crippen LogP contribution in [-0.2, 0) is 59.3 Å². The van der Waals surface area contributed by atoms with Crippen molar-refractivity contribution in [2.45, 2.75) is 123 Å². The maximum atomic E-state index is 14.0. The molecule has 1 unspecified atom stereocenters. The minimum absolute atomic E-state index is 0.00244. The number of nitrogens with one attached hydrogen (secondary N) is 4. The molecule has 1 aliphatic carbocycles. The number of aromatic nitrogens is 3. The fourth-order valence-electron chi connectivity index (χ4n) is 10.2. The summed E-state index contributed by atoms with van der Waals surface area (Å²) in [5, 5.41) is 22.5. The van der Waals surface area contributed by atoms with E-state index < -0.39 is 29.5 Å². The molecule has 2 aromatic heterocycles. The molecule has 4 atom stereocenters. The van der Waals surface area contributed by atoms with Crippen LogP contribution in [0.2, 0.25) is 0 Å². The van der Waals surface area contributed by atoms with Crippen molar-refractivity contribution >= 4 is 40.9 Å². The average molecular weight is 1110 g/mol. The second-order valence-electron chi connectivity index (χ2n) is 21.5. The highest BCUT2D eigenvalue weighted by molar-refractivity contribution is 7.13. The van der Waals surface area contributed by atoms with E-state index in [1.54, 1.807) is 30.6 Å². The number of rotatable bonds is 27. The van der Waals surface area contributed by atoms with Crippen molar-refractivity contribution in [3.05, 3.63) is 106 Å². The molecule has 4 heterocycles. The first-order chi connectivity index (χ1) is 38.1. The standard InChI is InChI=1S/C59H76N8O11S/c1-37-49(74-6)30-43(56(71)64-46-17-16-40-14-15-42(29-45(40)46)47-35-66-21-7-9-51(66)63-47)31-50(37)78-22-8-20-60-52(69)18-23-75-25-27-77-28-26-76-24-19-53(70)65-55(59(3,4)5)58(73)67-34-44(68)32-48(67)57(72)61-33-39-10-12-41(13-11-39)54-38(2)62-36-79-54/h10-15,29-31,35-36,44,46,48,55,68H,7-9,16-28,32-34H2,1-6H3,(H,60,69)(H,61,72)(H,64,71)(H,65,70)/t44-,46-,48+,55?/m1/s1. The summed E-state index contributed by atoms with van der Waals surface area (Å²) in [6, 6.07) is 15.8. The lowest BCUT2D eigenvalue weighted by molar-refractivity contribution is -0.144. The molecule has 0 bridgehead atoms. The van der Waals surface area contributed by atoms with Crippen molar-refractivity contribution in [3.8, 4) is 33.2 Å². The monoisotopic (exact) mass is 1100 g/mol. The van der Waals surface area contributed by atoms with Crippen LogP contribution in [0.25, 0.3) is 21.7 Å². The van der Waals surface area contributed by atoms with Gasteiger partial charge in [-0.05, 0) is 85.4 Å². The predicted molar refractivity (Wildman–Crippen MR) is 299 cm³/mol. The lowest BCUT2D eigenvalue weighted by atomic mass is 9.85. The van der Waals surface area contributed by atoms with Crippen molar-refractivity contribution in [1.82, 2.24) is 40.7 Å². The molecule has 3 aromatic carbocycles. The van der Waals surface area contributed by atoms with Crippen molar-refractivity contribution in [1.29, 1.82) is 0 Å². The predicted octanol–water partition coefficient (Wildman–Crippen LogP) is 6.19. The number of β-amino-alcohol motifs (C(OH)–C–C–N with tert-alkyl or cyclic N) is 1. The van der Waals surface area contributed by atoms with Crippen LogP contribution in [0.5, 0.6) is 11.5 Å². The lowest BCUT2D eigenvalue weighted by Crippen LogP contribution is -2.57. The van der Waals surface area contributed by atoms with E-state index >= 15 is 0 Å². The van der Waals surface area contributed by atoms with Gasteiger partial charge in [0.1, 0.15) is 29.4 Å². The summed E-state index contributed by atoms with van der Waals surface area (Å²) in [5.41, 5.74) is 9.61. The molecule has 8 rings (SSSR count). The van der Waals surface area contributed by atoms with Crippen LogP contribution in [0.4, 0.5) is 0 Å². The fraction of sp³-hybridized carbons (Fsp3) is 0.508. The number of benzene rings is 3. The molecule has 5 aromatic rings. The summed E-state index contributed by atoms with van der Waals surface area (Å²) in [7, 11) is 1.57. The number of amides is 5. The summed E-state index contributed by atoms with van der Waals surface area (Å²) in [6.07, 6.45) is 5.91. The van der Waals surface area contributed by atoms with Gasteiger partial charge in [0, 0.05) is 74.7 Å². The van der Waals surface area contributed by atoms with E-state index in [0.717, 1.165) is 82.1 Å². The molecule has 0 radical (unpaired) electrons. The number of carbonyl (C=O) groups excluding carboxylic acids is 5. The minimum Gasteiger partial charge on any atom is -0.496 e. The molecule has 79 heavy (non-hydrogen) atoms. The normalized spacial score (nSPS) is 17.0. The number of methoxy groups -OCH3 is 1. The third-order valence-electron chi connectivity index (χ3n) is 14.6. The fourth-order valence-corrected chi connectivity index (χ4v) is 11.0. The Morgan fingerprint density at radius 1 is 0.848 bits per heavy atom. The summed E-state index contributed by atoms with van der Waals surface area (Å²) < 4.78 is 30.7. The number of fused-ring (bicyclic) bond motifs is 2. The highest BCUT2D eigenvalue weighted by atomic mass is 32.1. The molecule has 1 fully saturated rings. The van der Waals surface area contributed by atoms with Crippen LogP contribution < -0.4 is 30.7 Å². The first kappa shape index (κ1) is 58.4. The molecule has 424 valence electrons. The zero-order valence-corrected chi connectivity index (χ0v) is 47.1. The second-order valence-corrected chi connectivity index (χ2v) is 22.3. The Labute approximate surface area is 466 Å². The highest BCUT2D eigenvalue weighted by Crippen LogP contribution is 2.37. The zero-order valence-electron chi connectivity index (χ0n) is 46.3. The zero-order chi connectivity index (χ0) is 56.1. The van der Waals surface area contributed by atoms with E-state index in [2.05, 4.69) is 55.2 Å². The number of nitrogens with zero attached hydrogens (tertiary/aromatic N) is 4. The van der Waals surface area contributed by atoms with E-state index in [1.165, 1.54) is 10.5 Å². The van der Waals surface area contributed by atoms with Crippen LogP contribution in [0.15, 0.2) is 66.3 Å². The van der Waals surface area contributed by atoms with Crippen molar-refractivity contribution in [2.75, 3.05) is 66.4 Å². The lowest BCUT2D eigenvalue weighted by Gasteiger charge is -2.35. The Morgan fingerprint density at radius 2 is 1.56 bits per heavy atom. The number of aryl methyl sites for hydroxylation is 4.